The summed E-state index contributed by atoms with van der Waals surface area (Å²) in [6, 6.07) is 0. The Kier molecular flexibility index (Phi) is 6.70. The number of rotatable bonds is 8. The zero-order valence-corrected chi connectivity index (χ0v) is 12.2. The van der Waals surface area contributed by atoms with Gasteiger partial charge in [0.25, 0.3) is 0 Å². The van der Waals surface area contributed by atoms with Gasteiger partial charge in [-0.05, 0) is 49.8 Å². The van der Waals surface area contributed by atoms with Crippen molar-refractivity contribution in [2.75, 3.05) is 0 Å². The third-order valence-corrected chi connectivity index (χ3v) is 3.54. The summed E-state index contributed by atoms with van der Waals surface area (Å²) in [5.41, 5.74) is 3.77. The van der Waals surface area contributed by atoms with E-state index in [-0.39, 0.29) is 0 Å². The third-order valence-electron chi connectivity index (χ3n) is 3.54. The predicted molar refractivity (Wildman–Crippen MR) is 82.0 cm³/mol. The van der Waals surface area contributed by atoms with Crippen molar-refractivity contribution in [1.29, 1.82) is 0 Å². The van der Waals surface area contributed by atoms with Crippen molar-refractivity contribution in [2.45, 2.75) is 59.3 Å². The van der Waals surface area contributed by atoms with Crippen LogP contribution in [0.5, 0.6) is 0 Å². The first-order valence-corrected chi connectivity index (χ1v) is 7.22. The standard InChI is InChI=1S/C17H27N/c1-5-6-7-8-9-16-10-11-17(16)15(4)12-13-18-14(2)3/h11-13,16H,2,5-10H2,1,3-4H3/b15-12+,18-13-. The van der Waals surface area contributed by atoms with Gasteiger partial charge in [0.2, 0.25) is 0 Å². The van der Waals surface area contributed by atoms with Crippen LogP contribution < -0.4 is 0 Å². The lowest BCUT2D eigenvalue weighted by Crippen LogP contribution is -2.13. The number of allylic oxidation sites excluding steroid dienone is 5. The van der Waals surface area contributed by atoms with Crippen LogP contribution in [0.15, 0.2) is 40.6 Å². The Balaban J connectivity index is 2.36. The van der Waals surface area contributed by atoms with Crippen molar-refractivity contribution < 1.29 is 0 Å². The lowest BCUT2D eigenvalue weighted by atomic mass is 9.77. The fraction of sp³-hybridized carbons (Fsp3) is 0.588. The Bertz CT molecular complexity index is 358. The summed E-state index contributed by atoms with van der Waals surface area (Å²) in [7, 11) is 0. The van der Waals surface area contributed by atoms with E-state index in [9.17, 15) is 0 Å². The van der Waals surface area contributed by atoms with Crippen LogP contribution >= 0.6 is 0 Å². The highest BCUT2D eigenvalue weighted by atomic mass is 14.7. The van der Waals surface area contributed by atoms with Gasteiger partial charge in [-0.15, -0.1) is 0 Å². The van der Waals surface area contributed by atoms with Gasteiger partial charge in [-0.25, -0.2) is 0 Å². The van der Waals surface area contributed by atoms with Crippen molar-refractivity contribution in [1.82, 2.24) is 0 Å². The minimum atomic E-state index is 0.802. The third kappa shape index (κ3) is 5.03. The van der Waals surface area contributed by atoms with E-state index in [4.69, 9.17) is 0 Å². The molecule has 0 saturated heterocycles. The molecule has 0 radical (unpaired) electrons. The first kappa shape index (κ1) is 14.9. The molecule has 0 fully saturated rings. The van der Waals surface area contributed by atoms with Gasteiger partial charge in [0.1, 0.15) is 0 Å². The molecule has 1 aliphatic rings. The van der Waals surface area contributed by atoms with Crippen molar-refractivity contribution in [2.24, 2.45) is 10.9 Å². The van der Waals surface area contributed by atoms with Gasteiger partial charge in [0, 0.05) is 11.9 Å². The van der Waals surface area contributed by atoms with E-state index < -0.39 is 0 Å². The molecule has 0 bridgehead atoms. The molecule has 0 aliphatic heterocycles. The second-order valence-electron chi connectivity index (χ2n) is 5.30. The molecule has 1 heteroatoms. The molecule has 0 N–H and O–H groups in total. The van der Waals surface area contributed by atoms with Crippen molar-refractivity contribution >= 4 is 6.21 Å². The molecule has 0 amide bonds. The van der Waals surface area contributed by atoms with Crippen LogP contribution in [0.2, 0.25) is 0 Å². The van der Waals surface area contributed by atoms with Crippen LogP contribution in [0, 0.1) is 5.92 Å². The summed E-state index contributed by atoms with van der Waals surface area (Å²) in [5, 5.41) is 0. The molecule has 0 aromatic carbocycles. The molecule has 1 nitrogen and oxygen atoms in total. The second kappa shape index (κ2) is 8.07. The number of aliphatic imine (C=N–C) groups is 1. The Morgan fingerprint density at radius 1 is 1.39 bits per heavy atom. The number of unbranched alkanes of at least 4 members (excludes halogenated alkanes) is 3. The summed E-state index contributed by atoms with van der Waals surface area (Å²) < 4.78 is 0. The van der Waals surface area contributed by atoms with Crippen LogP contribution in [0.4, 0.5) is 0 Å². The second-order valence-corrected chi connectivity index (χ2v) is 5.30. The van der Waals surface area contributed by atoms with Gasteiger partial charge in [0.05, 0.1) is 0 Å². The van der Waals surface area contributed by atoms with Gasteiger partial charge >= 0.3 is 0 Å². The van der Waals surface area contributed by atoms with Crippen LogP contribution in [-0.2, 0) is 0 Å². The van der Waals surface area contributed by atoms with Crippen molar-refractivity contribution in [3.8, 4) is 0 Å². The maximum absolute atomic E-state index is 4.19. The molecule has 18 heavy (non-hydrogen) atoms. The maximum Gasteiger partial charge on any atom is 0.0300 e. The largest absolute Gasteiger partial charge is 0.262 e. The van der Waals surface area contributed by atoms with E-state index in [2.05, 4.69) is 37.6 Å². The van der Waals surface area contributed by atoms with Crippen molar-refractivity contribution in [3.63, 3.8) is 0 Å². The Morgan fingerprint density at radius 3 is 2.72 bits per heavy atom. The zero-order chi connectivity index (χ0) is 13.4. The lowest BCUT2D eigenvalue weighted by molar-refractivity contribution is 0.483. The normalized spacial score (nSPS) is 19.8. The number of hydrogen-bond donors (Lipinski definition) is 0. The van der Waals surface area contributed by atoms with Gasteiger partial charge in [-0.2, -0.15) is 0 Å². The van der Waals surface area contributed by atoms with E-state index in [1.807, 2.05) is 13.1 Å². The molecule has 1 aliphatic carbocycles. The summed E-state index contributed by atoms with van der Waals surface area (Å²) in [6.45, 7) is 10.1. The fourth-order valence-electron chi connectivity index (χ4n) is 2.35. The Morgan fingerprint density at radius 2 is 2.17 bits per heavy atom. The summed E-state index contributed by atoms with van der Waals surface area (Å²) in [5.74, 6) is 0.802. The fourth-order valence-corrected chi connectivity index (χ4v) is 2.35. The highest BCUT2D eigenvalue weighted by molar-refractivity contribution is 5.74. The van der Waals surface area contributed by atoms with E-state index in [0.29, 0.717) is 0 Å². The van der Waals surface area contributed by atoms with E-state index in [1.165, 1.54) is 44.1 Å². The van der Waals surface area contributed by atoms with Crippen LogP contribution in [0.3, 0.4) is 0 Å². The topological polar surface area (TPSA) is 12.4 Å². The lowest BCUT2D eigenvalue weighted by Gasteiger charge is -2.28. The summed E-state index contributed by atoms with van der Waals surface area (Å²) in [4.78, 5) is 4.19. The molecule has 1 atom stereocenters. The minimum Gasteiger partial charge on any atom is -0.262 e. The van der Waals surface area contributed by atoms with Crippen LogP contribution in [-0.4, -0.2) is 6.21 Å². The predicted octanol–water partition coefficient (Wildman–Crippen LogP) is 5.45. The highest BCUT2D eigenvalue weighted by Gasteiger charge is 2.21. The smallest absolute Gasteiger partial charge is 0.0300 e. The van der Waals surface area contributed by atoms with E-state index in [0.717, 1.165) is 11.6 Å². The molecular weight excluding hydrogens is 218 g/mol. The molecular formula is C17H27N. The molecule has 100 valence electrons. The average molecular weight is 245 g/mol. The first-order valence-electron chi connectivity index (χ1n) is 7.22. The molecule has 0 spiro atoms. The summed E-state index contributed by atoms with van der Waals surface area (Å²) in [6.07, 6.45) is 14.4. The van der Waals surface area contributed by atoms with Crippen LogP contribution in [0.25, 0.3) is 0 Å². The molecule has 1 unspecified atom stereocenters. The van der Waals surface area contributed by atoms with Crippen LogP contribution in [0.1, 0.15) is 59.3 Å². The molecule has 1 rings (SSSR count). The first-order chi connectivity index (χ1) is 8.65. The minimum absolute atomic E-state index is 0.802. The maximum atomic E-state index is 4.19. The van der Waals surface area contributed by atoms with Gasteiger partial charge in [0.15, 0.2) is 0 Å². The SMILES string of the molecule is C=C(C)/N=C\C=C(/C)C1=CCC1CCCCCC. The number of nitrogens with zero attached hydrogens (tertiary/aromatic N) is 1. The Labute approximate surface area is 112 Å². The van der Waals surface area contributed by atoms with Gasteiger partial charge < -0.3 is 0 Å². The van der Waals surface area contributed by atoms with E-state index >= 15 is 0 Å². The highest BCUT2D eigenvalue weighted by Crippen LogP contribution is 2.36. The quantitative estimate of drug-likeness (QED) is 0.398. The number of hydrogen-bond acceptors (Lipinski definition) is 1. The van der Waals surface area contributed by atoms with Gasteiger partial charge in [-0.1, -0.05) is 45.3 Å². The zero-order valence-electron chi connectivity index (χ0n) is 12.2. The molecule has 0 heterocycles. The molecule has 0 aromatic rings. The Hall–Kier alpha value is -1.11. The molecule has 0 aromatic heterocycles. The van der Waals surface area contributed by atoms with Gasteiger partial charge in [-0.3, -0.25) is 4.99 Å². The average Bonchev–Trinajstić information content (AvgIpc) is 2.26. The van der Waals surface area contributed by atoms with E-state index in [1.54, 1.807) is 5.57 Å². The monoisotopic (exact) mass is 245 g/mol. The summed E-state index contributed by atoms with van der Waals surface area (Å²) >= 11 is 0. The van der Waals surface area contributed by atoms with Crippen molar-refractivity contribution in [3.05, 3.63) is 35.6 Å². The molecule has 0 saturated carbocycles.